The van der Waals surface area contributed by atoms with E-state index in [0.29, 0.717) is 17.7 Å². The predicted molar refractivity (Wildman–Crippen MR) is 79.8 cm³/mol. The first-order chi connectivity index (χ1) is 9.08. The molecule has 7 heteroatoms. The van der Waals surface area contributed by atoms with Crippen LogP contribution >= 0.6 is 12.2 Å². The second-order valence-corrected chi connectivity index (χ2v) is 3.53. The molecular formula is C12H17FN4OS. The van der Waals surface area contributed by atoms with Crippen LogP contribution in [0.1, 0.15) is 18.9 Å². The van der Waals surface area contributed by atoms with Crippen molar-refractivity contribution in [3.8, 4) is 0 Å². The van der Waals surface area contributed by atoms with Crippen LogP contribution in [0.3, 0.4) is 0 Å². The van der Waals surface area contributed by atoms with Crippen LogP contribution in [0, 0.1) is 5.82 Å². The molecule has 104 valence electrons. The molecule has 19 heavy (non-hydrogen) atoms. The van der Waals surface area contributed by atoms with Crippen LogP contribution in [0.25, 0.3) is 0 Å². The maximum atomic E-state index is 13.5. The molecule has 5 nitrogen and oxygen atoms in total. The number of halogens is 1. The van der Waals surface area contributed by atoms with Crippen molar-refractivity contribution in [1.82, 2.24) is 5.43 Å². The molecular weight excluding hydrogens is 267 g/mol. The third-order valence-corrected chi connectivity index (χ3v) is 1.94. The molecule has 1 aromatic carbocycles. The number of nitrogens with one attached hydrogen (secondary N) is 2. The number of anilines is 1. The van der Waals surface area contributed by atoms with Crippen molar-refractivity contribution < 1.29 is 9.18 Å². The SMILES string of the molecule is CCC(=O)Nc1ccc(/C=N/NC)c(F)c1.NC=S. The maximum absolute atomic E-state index is 13.5. The third-order valence-electron chi connectivity index (χ3n) is 1.94. The second-order valence-electron chi connectivity index (χ2n) is 3.26. The van der Waals surface area contributed by atoms with Crippen LogP contribution in [-0.4, -0.2) is 24.7 Å². The normalized spacial score (nSPS) is 9.42. The summed E-state index contributed by atoms with van der Waals surface area (Å²) in [6, 6.07) is 4.46. The molecule has 4 N–H and O–H groups in total. The minimum atomic E-state index is -0.423. The van der Waals surface area contributed by atoms with Crippen molar-refractivity contribution in [2.75, 3.05) is 12.4 Å². The molecule has 0 saturated carbocycles. The minimum Gasteiger partial charge on any atom is -0.396 e. The average Bonchev–Trinajstić information content (AvgIpc) is 2.38. The summed E-state index contributed by atoms with van der Waals surface area (Å²) in [5, 5.41) is 6.28. The van der Waals surface area contributed by atoms with Gasteiger partial charge in [-0.1, -0.05) is 19.1 Å². The first-order valence-corrected chi connectivity index (χ1v) is 6.00. The number of nitrogens with two attached hydrogens (primary N) is 1. The quantitative estimate of drug-likeness (QED) is 0.446. The van der Waals surface area contributed by atoms with Crippen LogP contribution in [0.2, 0.25) is 0 Å². The zero-order valence-corrected chi connectivity index (χ0v) is 11.6. The number of nitrogens with zero attached hydrogens (tertiary/aromatic N) is 1. The van der Waals surface area contributed by atoms with E-state index in [-0.39, 0.29) is 5.91 Å². The number of thiocarbonyl (C=S) groups is 1. The Hall–Kier alpha value is -2.02. The molecule has 0 fully saturated rings. The van der Waals surface area contributed by atoms with Gasteiger partial charge in [-0.15, -0.1) is 0 Å². The summed E-state index contributed by atoms with van der Waals surface area (Å²) in [5.74, 6) is -0.566. The van der Waals surface area contributed by atoms with Crippen LogP contribution in [0.15, 0.2) is 23.3 Å². The monoisotopic (exact) mass is 284 g/mol. The van der Waals surface area contributed by atoms with Crippen molar-refractivity contribution in [2.24, 2.45) is 10.8 Å². The number of carbonyl (C=O) groups excluding carboxylic acids is 1. The lowest BCUT2D eigenvalue weighted by Crippen LogP contribution is -2.09. The van der Waals surface area contributed by atoms with E-state index >= 15 is 0 Å². The van der Waals surface area contributed by atoms with Gasteiger partial charge in [-0.25, -0.2) is 4.39 Å². The molecule has 0 bridgehead atoms. The molecule has 1 rings (SSSR count). The van der Waals surface area contributed by atoms with Crippen LogP contribution in [0.4, 0.5) is 10.1 Å². The first kappa shape index (κ1) is 17.0. The lowest BCUT2D eigenvalue weighted by molar-refractivity contribution is -0.115. The number of hydrazone groups is 1. The minimum absolute atomic E-state index is 0.143. The fourth-order valence-corrected chi connectivity index (χ4v) is 1.09. The van der Waals surface area contributed by atoms with Gasteiger partial charge in [-0.05, 0) is 18.2 Å². The molecule has 0 aliphatic heterocycles. The molecule has 1 aromatic rings. The fraction of sp³-hybridized carbons (Fsp3) is 0.250. The highest BCUT2D eigenvalue weighted by molar-refractivity contribution is 7.78. The Morgan fingerprint density at radius 3 is 2.68 bits per heavy atom. The molecule has 0 saturated heterocycles. The van der Waals surface area contributed by atoms with E-state index in [2.05, 4.69) is 33.8 Å². The summed E-state index contributed by atoms with van der Waals surface area (Å²) in [7, 11) is 1.63. The maximum Gasteiger partial charge on any atom is 0.224 e. The lowest BCUT2D eigenvalue weighted by atomic mass is 10.2. The summed E-state index contributed by atoms with van der Waals surface area (Å²) in [6.45, 7) is 1.74. The van der Waals surface area contributed by atoms with Crippen LogP contribution in [0.5, 0.6) is 0 Å². The summed E-state index contributed by atoms with van der Waals surface area (Å²) in [5.41, 5.74) is 8.97. The molecule has 0 aliphatic rings. The molecule has 0 aliphatic carbocycles. The highest BCUT2D eigenvalue weighted by Gasteiger charge is 2.03. The number of hydrogen-bond acceptors (Lipinski definition) is 4. The molecule has 0 unspecified atom stereocenters. The zero-order chi connectivity index (χ0) is 14.7. The van der Waals surface area contributed by atoms with Gasteiger partial charge in [0.25, 0.3) is 0 Å². The number of carbonyl (C=O) groups is 1. The number of hydrogen-bond donors (Lipinski definition) is 3. The first-order valence-electron chi connectivity index (χ1n) is 5.53. The van der Waals surface area contributed by atoms with Gasteiger partial charge in [0.1, 0.15) is 5.82 Å². The van der Waals surface area contributed by atoms with E-state index in [4.69, 9.17) is 0 Å². The van der Waals surface area contributed by atoms with E-state index in [1.165, 1.54) is 12.3 Å². The Morgan fingerprint density at radius 1 is 1.58 bits per heavy atom. The Bertz CT molecular complexity index is 451. The van der Waals surface area contributed by atoms with Gasteiger partial charge in [-0.3, -0.25) is 4.79 Å². The van der Waals surface area contributed by atoms with Gasteiger partial charge in [0.05, 0.1) is 11.7 Å². The Morgan fingerprint density at radius 2 is 2.21 bits per heavy atom. The van der Waals surface area contributed by atoms with Crippen molar-refractivity contribution in [3.63, 3.8) is 0 Å². The van der Waals surface area contributed by atoms with Gasteiger partial charge >= 0.3 is 0 Å². The Kier molecular flexibility index (Phi) is 8.90. The van der Waals surface area contributed by atoms with Crippen LogP contribution < -0.4 is 16.5 Å². The molecule has 0 atom stereocenters. The highest BCUT2D eigenvalue weighted by atomic mass is 32.1. The Labute approximate surface area is 117 Å². The summed E-state index contributed by atoms with van der Waals surface area (Å²) < 4.78 is 13.5. The van der Waals surface area contributed by atoms with Crippen molar-refractivity contribution >= 4 is 35.5 Å². The third kappa shape index (κ3) is 7.10. The van der Waals surface area contributed by atoms with Crippen molar-refractivity contribution in [2.45, 2.75) is 13.3 Å². The number of rotatable bonds is 4. The van der Waals surface area contributed by atoms with Gasteiger partial charge < -0.3 is 16.5 Å². The highest BCUT2D eigenvalue weighted by Crippen LogP contribution is 2.13. The summed E-state index contributed by atoms with van der Waals surface area (Å²) in [6.07, 6.45) is 1.74. The zero-order valence-electron chi connectivity index (χ0n) is 10.8. The average molecular weight is 284 g/mol. The summed E-state index contributed by atoms with van der Waals surface area (Å²) in [4.78, 5) is 11.1. The summed E-state index contributed by atoms with van der Waals surface area (Å²) >= 11 is 4.05. The van der Waals surface area contributed by atoms with E-state index in [1.807, 2.05) is 0 Å². The fourth-order valence-electron chi connectivity index (χ4n) is 1.09. The molecule has 0 heterocycles. The van der Waals surface area contributed by atoms with Crippen LogP contribution in [-0.2, 0) is 4.79 Å². The molecule has 0 spiro atoms. The number of amides is 1. The largest absolute Gasteiger partial charge is 0.396 e. The molecule has 1 amide bonds. The van der Waals surface area contributed by atoms with Crippen molar-refractivity contribution in [3.05, 3.63) is 29.6 Å². The van der Waals surface area contributed by atoms with E-state index in [1.54, 1.807) is 26.1 Å². The van der Waals surface area contributed by atoms with Gasteiger partial charge in [-0.2, -0.15) is 5.10 Å². The Balaban J connectivity index is 0.000000982. The lowest BCUT2D eigenvalue weighted by Gasteiger charge is -2.04. The smallest absolute Gasteiger partial charge is 0.224 e. The van der Waals surface area contributed by atoms with Gasteiger partial charge in [0.15, 0.2) is 0 Å². The topological polar surface area (TPSA) is 79.5 Å². The second kappa shape index (κ2) is 9.95. The molecule has 0 radical (unpaired) electrons. The number of benzene rings is 1. The van der Waals surface area contributed by atoms with Crippen molar-refractivity contribution in [1.29, 1.82) is 0 Å². The van der Waals surface area contributed by atoms with Gasteiger partial charge in [0, 0.05) is 24.7 Å². The standard InChI is InChI=1S/C11H14FN3O.CH3NS/c1-3-11(16)15-9-5-4-8(7-14-13-2)10(12)6-9;2-1-3/h4-7,13H,3H2,1-2H3,(H,15,16);1H,(H2,2,3)/b14-7+;. The molecule has 0 aromatic heterocycles. The van der Waals surface area contributed by atoms with E-state index < -0.39 is 5.82 Å². The van der Waals surface area contributed by atoms with Gasteiger partial charge in [0.2, 0.25) is 5.91 Å². The van der Waals surface area contributed by atoms with E-state index in [9.17, 15) is 9.18 Å². The van der Waals surface area contributed by atoms with E-state index in [0.717, 1.165) is 5.49 Å². The predicted octanol–water partition coefficient (Wildman–Crippen LogP) is 1.63.